The minimum absolute atomic E-state index is 0.153. The molecule has 0 aliphatic carbocycles. The molecule has 0 aromatic heterocycles. The second-order valence-corrected chi connectivity index (χ2v) is 3.70. The molecule has 2 N–H and O–H groups in total. The van der Waals surface area contributed by atoms with Gasteiger partial charge in [-0.3, -0.25) is 4.79 Å². The molecule has 80 valence electrons. The van der Waals surface area contributed by atoms with Crippen molar-refractivity contribution in [2.24, 2.45) is 0 Å². The third-order valence-corrected chi connectivity index (χ3v) is 1.55. The second kappa shape index (κ2) is 4.32. The SMILES string of the molecule is CC(C)(O)CNC(=O)C1=COCCO1. The molecule has 5 nitrogen and oxygen atoms in total. The highest BCUT2D eigenvalue weighted by atomic mass is 16.6. The van der Waals surface area contributed by atoms with E-state index in [-0.39, 0.29) is 18.2 Å². The first-order chi connectivity index (χ1) is 6.49. The van der Waals surface area contributed by atoms with Gasteiger partial charge in [0, 0.05) is 6.54 Å². The van der Waals surface area contributed by atoms with Crippen molar-refractivity contribution in [1.29, 1.82) is 0 Å². The number of rotatable bonds is 3. The Hall–Kier alpha value is -1.23. The van der Waals surface area contributed by atoms with Crippen LogP contribution in [0, 0.1) is 0 Å². The molecule has 1 heterocycles. The molecule has 0 unspecified atom stereocenters. The number of carbonyl (C=O) groups excluding carboxylic acids is 1. The fourth-order valence-corrected chi connectivity index (χ4v) is 0.871. The lowest BCUT2D eigenvalue weighted by molar-refractivity contribution is -0.123. The summed E-state index contributed by atoms with van der Waals surface area (Å²) < 4.78 is 9.97. The zero-order valence-electron chi connectivity index (χ0n) is 8.37. The zero-order valence-corrected chi connectivity index (χ0v) is 8.37. The van der Waals surface area contributed by atoms with Gasteiger partial charge in [0.15, 0.2) is 0 Å². The van der Waals surface area contributed by atoms with E-state index in [1.165, 1.54) is 6.26 Å². The Morgan fingerprint density at radius 1 is 1.64 bits per heavy atom. The van der Waals surface area contributed by atoms with Crippen LogP contribution in [0.15, 0.2) is 12.0 Å². The van der Waals surface area contributed by atoms with Crippen molar-refractivity contribution in [2.45, 2.75) is 19.4 Å². The average molecular weight is 201 g/mol. The van der Waals surface area contributed by atoms with Crippen molar-refractivity contribution in [2.75, 3.05) is 19.8 Å². The predicted octanol–water partition coefficient (Wildman–Crippen LogP) is -0.238. The molecule has 1 aliphatic rings. The summed E-state index contributed by atoms with van der Waals surface area (Å²) >= 11 is 0. The number of carbonyl (C=O) groups is 1. The monoisotopic (exact) mass is 201 g/mol. The van der Waals surface area contributed by atoms with Gasteiger partial charge in [0.05, 0.1) is 5.60 Å². The van der Waals surface area contributed by atoms with E-state index in [0.717, 1.165) is 0 Å². The van der Waals surface area contributed by atoms with Gasteiger partial charge in [-0.25, -0.2) is 0 Å². The van der Waals surface area contributed by atoms with Crippen molar-refractivity contribution < 1.29 is 19.4 Å². The number of ether oxygens (including phenoxy) is 2. The third-order valence-electron chi connectivity index (χ3n) is 1.55. The minimum Gasteiger partial charge on any atom is -0.494 e. The summed E-state index contributed by atoms with van der Waals surface area (Å²) in [6, 6.07) is 0. The first kappa shape index (κ1) is 10.8. The van der Waals surface area contributed by atoms with Gasteiger partial charge in [0.2, 0.25) is 5.76 Å². The molecule has 1 rings (SSSR count). The smallest absolute Gasteiger partial charge is 0.289 e. The summed E-state index contributed by atoms with van der Waals surface area (Å²) in [6.45, 7) is 4.23. The van der Waals surface area contributed by atoms with Crippen LogP contribution in [0.2, 0.25) is 0 Å². The van der Waals surface area contributed by atoms with Crippen molar-refractivity contribution in [1.82, 2.24) is 5.32 Å². The molecule has 5 heteroatoms. The minimum atomic E-state index is -0.925. The third kappa shape index (κ3) is 3.66. The van der Waals surface area contributed by atoms with E-state index in [2.05, 4.69) is 5.32 Å². The summed E-state index contributed by atoms with van der Waals surface area (Å²) in [5.41, 5.74) is -0.925. The molecule has 0 fully saturated rings. The van der Waals surface area contributed by atoms with E-state index < -0.39 is 5.60 Å². The largest absolute Gasteiger partial charge is 0.494 e. The van der Waals surface area contributed by atoms with Crippen LogP contribution in [0.3, 0.4) is 0 Å². The van der Waals surface area contributed by atoms with E-state index in [4.69, 9.17) is 9.47 Å². The second-order valence-electron chi connectivity index (χ2n) is 3.70. The Kier molecular flexibility index (Phi) is 3.35. The summed E-state index contributed by atoms with van der Waals surface area (Å²) in [5, 5.41) is 11.9. The van der Waals surface area contributed by atoms with Gasteiger partial charge < -0.3 is 19.9 Å². The van der Waals surface area contributed by atoms with Crippen LogP contribution in [-0.2, 0) is 14.3 Å². The quantitative estimate of drug-likeness (QED) is 0.661. The topological polar surface area (TPSA) is 67.8 Å². The molecule has 0 aromatic rings. The molecule has 0 radical (unpaired) electrons. The van der Waals surface area contributed by atoms with Crippen LogP contribution < -0.4 is 5.32 Å². The van der Waals surface area contributed by atoms with Gasteiger partial charge in [-0.2, -0.15) is 0 Å². The van der Waals surface area contributed by atoms with Crippen LogP contribution in [0.5, 0.6) is 0 Å². The van der Waals surface area contributed by atoms with E-state index >= 15 is 0 Å². The van der Waals surface area contributed by atoms with Crippen LogP contribution in [0.1, 0.15) is 13.8 Å². The maximum atomic E-state index is 11.3. The molecule has 0 aromatic carbocycles. The van der Waals surface area contributed by atoms with Crippen molar-refractivity contribution >= 4 is 5.91 Å². The van der Waals surface area contributed by atoms with Gasteiger partial charge in [-0.05, 0) is 13.8 Å². The van der Waals surface area contributed by atoms with Gasteiger partial charge in [-0.1, -0.05) is 0 Å². The van der Waals surface area contributed by atoms with Crippen LogP contribution in [0.4, 0.5) is 0 Å². The van der Waals surface area contributed by atoms with E-state index in [9.17, 15) is 9.90 Å². The Morgan fingerprint density at radius 3 is 2.86 bits per heavy atom. The molecule has 0 spiro atoms. The molecular weight excluding hydrogens is 186 g/mol. The van der Waals surface area contributed by atoms with Gasteiger partial charge in [0.25, 0.3) is 5.91 Å². The molecule has 14 heavy (non-hydrogen) atoms. The molecule has 1 amide bonds. The van der Waals surface area contributed by atoms with Crippen molar-refractivity contribution in [3.05, 3.63) is 12.0 Å². The normalized spacial score (nSPS) is 16.4. The molecular formula is C9H15NO4. The average Bonchev–Trinajstić information content (AvgIpc) is 2.14. The molecule has 1 aliphatic heterocycles. The van der Waals surface area contributed by atoms with Crippen LogP contribution >= 0.6 is 0 Å². The Labute approximate surface area is 82.7 Å². The van der Waals surface area contributed by atoms with Crippen molar-refractivity contribution in [3.63, 3.8) is 0 Å². The highest BCUT2D eigenvalue weighted by Crippen LogP contribution is 2.05. The van der Waals surface area contributed by atoms with E-state index in [0.29, 0.717) is 13.2 Å². The molecule has 0 saturated carbocycles. The number of aliphatic hydroxyl groups is 1. The first-order valence-corrected chi connectivity index (χ1v) is 4.44. The lowest BCUT2D eigenvalue weighted by atomic mass is 10.1. The molecule has 0 saturated heterocycles. The standard InChI is InChI=1S/C9H15NO4/c1-9(2,12)6-10-8(11)7-5-13-3-4-14-7/h5,12H,3-4,6H2,1-2H3,(H,10,11). The van der Waals surface area contributed by atoms with Gasteiger partial charge >= 0.3 is 0 Å². The highest BCUT2D eigenvalue weighted by Gasteiger charge is 2.18. The predicted molar refractivity (Wildman–Crippen MR) is 49.3 cm³/mol. The van der Waals surface area contributed by atoms with Gasteiger partial charge in [-0.15, -0.1) is 0 Å². The fraction of sp³-hybridized carbons (Fsp3) is 0.667. The van der Waals surface area contributed by atoms with Gasteiger partial charge in [0.1, 0.15) is 19.5 Å². The lowest BCUT2D eigenvalue weighted by Crippen LogP contribution is -2.39. The molecule has 0 bridgehead atoms. The van der Waals surface area contributed by atoms with E-state index in [1.54, 1.807) is 13.8 Å². The zero-order chi connectivity index (χ0) is 10.6. The summed E-state index contributed by atoms with van der Waals surface area (Å²) in [7, 11) is 0. The summed E-state index contributed by atoms with van der Waals surface area (Å²) in [4.78, 5) is 11.3. The number of hydrogen-bond donors (Lipinski definition) is 2. The fourth-order valence-electron chi connectivity index (χ4n) is 0.871. The maximum absolute atomic E-state index is 11.3. The first-order valence-electron chi connectivity index (χ1n) is 4.44. The molecule has 0 atom stereocenters. The Morgan fingerprint density at radius 2 is 2.36 bits per heavy atom. The Balaban J connectivity index is 2.38. The Bertz CT molecular complexity index is 242. The van der Waals surface area contributed by atoms with E-state index in [1.807, 2.05) is 0 Å². The summed E-state index contributed by atoms with van der Waals surface area (Å²) in [6.07, 6.45) is 1.28. The van der Waals surface area contributed by atoms with Crippen LogP contribution in [-0.4, -0.2) is 36.4 Å². The lowest BCUT2D eigenvalue weighted by Gasteiger charge is -2.19. The van der Waals surface area contributed by atoms with Crippen LogP contribution in [0.25, 0.3) is 0 Å². The maximum Gasteiger partial charge on any atom is 0.289 e. The number of nitrogens with one attached hydrogen (secondary N) is 1. The highest BCUT2D eigenvalue weighted by molar-refractivity contribution is 5.91. The number of hydrogen-bond acceptors (Lipinski definition) is 4. The summed E-state index contributed by atoms with van der Waals surface area (Å²) in [5.74, 6) is -0.215. The van der Waals surface area contributed by atoms with Crippen molar-refractivity contribution in [3.8, 4) is 0 Å². The number of amides is 1.